The summed E-state index contributed by atoms with van der Waals surface area (Å²) in [4.78, 5) is 11.8. The van der Waals surface area contributed by atoms with Crippen molar-refractivity contribution in [1.82, 2.24) is 5.32 Å². The van der Waals surface area contributed by atoms with E-state index in [2.05, 4.69) is 48.7 Å². The van der Waals surface area contributed by atoms with E-state index in [-0.39, 0.29) is 11.7 Å². The molecule has 1 rings (SSSR count). The Kier molecular flexibility index (Phi) is 6.99. The fourth-order valence-corrected chi connectivity index (χ4v) is 3.04. The molecule has 1 saturated carbocycles. The van der Waals surface area contributed by atoms with Gasteiger partial charge in [0.1, 0.15) is 5.60 Å². The van der Waals surface area contributed by atoms with Gasteiger partial charge >= 0.3 is 6.09 Å². The molecule has 1 amide bonds. The number of amides is 1. The second-order valence-corrected chi connectivity index (χ2v) is 9.18. The summed E-state index contributed by atoms with van der Waals surface area (Å²) in [6.07, 6.45) is 4.53. The van der Waals surface area contributed by atoms with Crippen molar-refractivity contribution in [2.45, 2.75) is 84.5 Å². The number of alkyl carbamates (subject to hydrolysis) is 1. The molecule has 0 aromatic carbocycles. The molecular formula is C17H32INO3. The van der Waals surface area contributed by atoms with Crippen LogP contribution in [0.5, 0.6) is 0 Å². The van der Waals surface area contributed by atoms with Crippen molar-refractivity contribution >= 4 is 28.7 Å². The van der Waals surface area contributed by atoms with Crippen LogP contribution in [0, 0.1) is 5.41 Å². The first-order chi connectivity index (χ1) is 9.95. The fraction of sp³-hybridized carbons (Fsp3) is 0.941. The van der Waals surface area contributed by atoms with Gasteiger partial charge in [0.25, 0.3) is 0 Å². The van der Waals surface area contributed by atoms with E-state index in [4.69, 9.17) is 9.47 Å². The van der Waals surface area contributed by atoms with Crippen molar-refractivity contribution in [1.29, 1.82) is 0 Å². The van der Waals surface area contributed by atoms with Crippen LogP contribution in [0.1, 0.15) is 67.2 Å². The number of carbonyl (C=O) groups excluding carboxylic acids is 1. The van der Waals surface area contributed by atoms with E-state index in [9.17, 15) is 4.79 Å². The molecule has 1 fully saturated rings. The average Bonchev–Trinajstić information content (AvgIpc) is 2.37. The number of hydrogen-bond acceptors (Lipinski definition) is 3. The molecule has 0 bridgehead atoms. The third kappa shape index (κ3) is 7.49. The van der Waals surface area contributed by atoms with Crippen LogP contribution in [0.15, 0.2) is 0 Å². The predicted octanol–water partition coefficient (Wildman–Crippen LogP) is 4.69. The van der Waals surface area contributed by atoms with Gasteiger partial charge in [-0.3, -0.25) is 0 Å². The quantitative estimate of drug-likeness (QED) is 0.514. The molecule has 1 unspecified atom stereocenters. The molecule has 22 heavy (non-hydrogen) atoms. The summed E-state index contributed by atoms with van der Waals surface area (Å²) in [7, 11) is 0. The zero-order valence-corrected chi connectivity index (χ0v) is 17.1. The number of carbonyl (C=O) groups is 1. The number of alkyl halides is 1. The molecule has 1 N–H and O–H groups in total. The number of halogens is 1. The van der Waals surface area contributed by atoms with E-state index >= 15 is 0 Å². The Morgan fingerprint density at radius 2 is 1.77 bits per heavy atom. The minimum absolute atomic E-state index is 0.299. The van der Waals surface area contributed by atoms with Crippen LogP contribution in [-0.2, 0) is 9.47 Å². The molecule has 0 aliphatic heterocycles. The third-order valence-corrected chi connectivity index (χ3v) is 5.64. The lowest BCUT2D eigenvalue weighted by Gasteiger charge is -2.39. The van der Waals surface area contributed by atoms with Crippen molar-refractivity contribution < 1.29 is 14.3 Å². The number of rotatable bonds is 5. The van der Waals surface area contributed by atoms with Gasteiger partial charge in [-0.25, -0.2) is 4.79 Å². The first-order valence-corrected chi connectivity index (χ1v) is 9.68. The molecule has 130 valence electrons. The highest BCUT2D eigenvalue weighted by molar-refractivity contribution is 14.1. The Hall–Kier alpha value is -0.0400. The first-order valence-electron chi connectivity index (χ1n) is 8.15. The van der Waals surface area contributed by atoms with E-state index in [1.165, 1.54) is 12.8 Å². The summed E-state index contributed by atoms with van der Waals surface area (Å²) in [6, 6.07) is 0. The van der Waals surface area contributed by atoms with Crippen molar-refractivity contribution in [3.8, 4) is 0 Å². The molecule has 0 saturated heterocycles. The summed E-state index contributed by atoms with van der Waals surface area (Å²) in [5, 5.41) is 2.85. The zero-order valence-electron chi connectivity index (χ0n) is 14.9. The zero-order chi connectivity index (χ0) is 17.0. The molecule has 1 aliphatic carbocycles. The van der Waals surface area contributed by atoms with Gasteiger partial charge in [0.15, 0.2) is 0 Å². The summed E-state index contributed by atoms with van der Waals surface area (Å²) < 4.78 is 12.4. The largest absolute Gasteiger partial charge is 0.444 e. The van der Waals surface area contributed by atoms with Gasteiger partial charge in [-0.2, -0.15) is 0 Å². The molecule has 0 aromatic rings. The number of hydrogen-bond donors (Lipinski definition) is 1. The Labute approximate surface area is 149 Å². The SMILES string of the molecule is CC1(C)CCC(OC(C)(CI)CNC(=O)OC(C)(C)C)CC1. The molecule has 0 radical (unpaired) electrons. The van der Waals surface area contributed by atoms with Gasteiger partial charge in [-0.1, -0.05) is 36.4 Å². The Balaban J connectivity index is 2.46. The topological polar surface area (TPSA) is 47.6 Å². The number of nitrogens with one attached hydrogen (secondary N) is 1. The molecule has 4 nitrogen and oxygen atoms in total. The molecule has 0 spiro atoms. The Morgan fingerprint density at radius 1 is 1.23 bits per heavy atom. The fourth-order valence-electron chi connectivity index (χ4n) is 2.59. The van der Waals surface area contributed by atoms with Crippen LogP contribution in [0.25, 0.3) is 0 Å². The lowest BCUT2D eigenvalue weighted by Crippen LogP contribution is -2.48. The van der Waals surface area contributed by atoms with Gasteiger partial charge in [-0.15, -0.1) is 0 Å². The van der Waals surface area contributed by atoms with Crippen molar-refractivity contribution in [3.05, 3.63) is 0 Å². The average molecular weight is 425 g/mol. The summed E-state index contributed by atoms with van der Waals surface area (Å²) >= 11 is 2.33. The van der Waals surface area contributed by atoms with E-state index < -0.39 is 5.60 Å². The van der Waals surface area contributed by atoms with E-state index in [0.29, 0.717) is 18.1 Å². The van der Waals surface area contributed by atoms with Crippen LogP contribution in [0.2, 0.25) is 0 Å². The lowest BCUT2D eigenvalue weighted by atomic mass is 9.76. The normalized spacial score (nSPS) is 22.0. The highest BCUT2D eigenvalue weighted by atomic mass is 127. The minimum atomic E-state index is -0.472. The maximum atomic E-state index is 11.8. The van der Waals surface area contributed by atoms with Crippen LogP contribution in [0.4, 0.5) is 4.79 Å². The van der Waals surface area contributed by atoms with E-state index in [1.807, 2.05) is 20.8 Å². The molecule has 0 heterocycles. The molecular weight excluding hydrogens is 393 g/mol. The summed E-state index contributed by atoms with van der Waals surface area (Å²) in [6.45, 7) is 12.8. The molecule has 1 atom stereocenters. The highest BCUT2D eigenvalue weighted by Gasteiger charge is 2.33. The molecule has 1 aliphatic rings. The molecule has 5 heteroatoms. The smallest absolute Gasteiger partial charge is 0.407 e. The minimum Gasteiger partial charge on any atom is -0.444 e. The van der Waals surface area contributed by atoms with Crippen LogP contribution >= 0.6 is 22.6 Å². The van der Waals surface area contributed by atoms with Crippen LogP contribution in [-0.4, -0.2) is 34.4 Å². The summed E-state index contributed by atoms with van der Waals surface area (Å²) in [5.41, 5.74) is -0.375. The maximum absolute atomic E-state index is 11.8. The third-order valence-electron chi connectivity index (χ3n) is 4.03. The van der Waals surface area contributed by atoms with Gasteiger partial charge < -0.3 is 14.8 Å². The van der Waals surface area contributed by atoms with Crippen molar-refractivity contribution in [2.24, 2.45) is 5.41 Å². The predicted molar refractivity (Wildman–Crippen MR) is 98.7 cm³/mol. The van der Waals surface area contributed by atoms with E-state index in [0.717, 1.165) is 17.3 Å². The number of ether oxygens (including phenoxy) is 2. The van der Waals surface area contributed by atoms with Crippen LogP contribution < -0.4 is 5.32 Å². The van der Waals surface area contributed by atoms with E-state index in [1.54, 1.807) is 0 Å². The lowest BCUT2D eigenvalue weighted by molar-refractivity contribution is -0.0888. The monoisotopic (exact) mass is 425 g/mol. The first kappa shape index (κ1) is 20.0. The second-order valence-electron chi connectivity index (χ2n) is 8.42. The van der Waals surface area contributed by atoms with Crippen molar-refractivity contribution in [2.75, 3.05) is 11.0 Å². The molecule has 0 aromatic heterocycles. The van der Waals surface area contributed by atoms with Crippen LogP contribution in [0.3, 0.4) is 0 Å². The van der Waals surface area contributed by atoms with Gasteiger partial charge in [-0.05, 0) is 58.8 Å². The van der Waals surface area contributed by atoms with Crippen molar-refractivity contribution in [3.63, 3.8) is 0 Å². The Bertz CT molecular complexity index is 369. The van der Waals surface area contributed by atoms with Gasteiger partial charge in [0, 0.05) is 4.43 Å². The Morgan fingerprint density at radius 3 is 2.23 bits per heavy atom. The van der Waals surface area contributed by atoms with Gasteiger partial charge in [0.2, 0.25) is 0 Å². The van der Waals surface area contributed by atoms with Gasteiger partial charge in [0.05, 0.1) is 18.2 Å². The highest BCUT2D eigenvalue weighted by Crippen LogP contribution is 2.37. The second kappa shape index (κ2) is 7.69. The summed E-state index contributed by atoms with van der Waals surface area (Å²) in [5.74, 6) is 0. The standard InChI is InChI=1S/C17H32INO3/c1-15(2,3)22-14(20)19-12-17(6,11-18)21-13-7-9-16(4,5)10-8-13/h13H,7-12H2,1-6H3,(H,19,20). The maximum Gasteiger partial charge on any atom is 0.407 e.